The molecule has 2 heterocycles. The predicted octanol–water partition coefficient (Wildman–Crippen LogP) is 2.15. The topological polar surface area (TPSA) is 37.0 Å². The lowest BCUT2D eigenvalue weighted by molar-refractivity contribution is 0.390. The molecule has 2 rings (SSSR count). The lowest BCUT2D eigenvalue weighted by Crippen LogP contribution is -2.31. The highest BCUT2D eigenvalue weighted by Gasteiger charge is 2.12. The maximum Gasteiger partial charge on any atom is 0.152 e. The van der Waals surface area contributed by atoms with Gasteiger partial charge in [-0.15, -0.1) is 0 Å². The molecule has 15 heavy (non-hydrogen) atoms. The molecule has 1 saturated heterocycles. The number of pyridine rings is 1. The van der Waals surface area contributed by atoms with Crippen molar-refractivity contribution < 1.29 is 0 Å². The molecule has 0 bridgehead atoms. The maximum atomic E-state index is 5.96. The molecule has 2 N–H and O–H groups in total. The third kappa shape index (κ3) is 3.08. The Bertz CT molecular complexity index is 310. The van der Waals surface area contributed by atoms with Crippen LogP contribution in [0.1, 0.15) is 12.8 Å². The van der Waals surface area contributed by atoms with E-state index < -0.39 is 0 Å². The first-order chi connectivity index (χ1) is 7.36. The molecule has 0 atom stereocenters. The summed E-state index contributed by atoms with van der Waals surface area (Å²) < 4.78 is 0. The Morgan fingerprint density at radius 3 is 3.00 bits per heavy atom. The molecule has 4 heteroatoms. The highest BCUT2D eigenvalue weighted by atomic mass is 35.5. The SMILES string of the molecule is Clc1ncccc1NCC1CCNCC1. The maximum absolute atomic E-state index is 5.96. The number of nitrogens with zero attached hydrogens (tertiary/aromatic N) is 1. The standard InChI is InChI=1S/C11H16ClN3/c12-11-10(2-1-5-14-11)15-8-9-3-6-13-7-4-9/h1-2,5,9,13,15H,3-4,6-8H2. The first-order valence-corrected chi connectivity index (χ1v) is 5.79. The fourth-order valence-corrected chi connectivity index (χ4v) is 2.04. The summed E-state index contributed by atoms with van der Waals surface area (Å²) in [6.07, 6.45) is 4.19. The number of anilines is 1. The van der Waals surface area contributed by atoms with Gasteiger partial charge < -0.3 is 10.6 Å². The number of nitrogens with one attached hydrogen (secondary N) is 2. The van der Waals surface area contributed by atoms with E-state index in [4.69, 9.17) is 11.6 Å². The zero-order chi connectivity index (χ0) is 10.5. The van der Waals surface area contributed by atoms with E-state index in [2.05, 4.69) is 15.6 Å². The van der Waals surface area contributed by atoms with Gasteiger partial charge in [0.25, 0.3) is 0 Å². The molecule has 1 aromatic rings. The molecular weight excluding hydrogens is 210 g/mol. The fourth-order valence-electron chi connectivity index (χ4n) is 1.86. The number of aromatic nitrogens is 1. The van der Waals surface area contributed by atoms with Crippen molar-refractivity contribution in [2.75, 3.05) is 25.0 Å². The van der Waals surface area contributed by atoms with E-state index in [9.17, 15) is 0 Å². The molecule has 0 aliphatic carbocycles. The van der Waals surface area contributed by atoms with Gasteiger partial charge in [0, 0.05) is 12.7 Å². The minimum Gasteiger partial charge on any atom is -0.382 e. The van der Waals surface area contributed by atoms with Crippen LogP contribution in [0.3, 0.4) is 0 Å². The van der Waals surface area contributed by atoms with Gasteiger partial charge >= 0.3 is 0 Å². The lowest BCUT2D eigenvalue weighted by Gasteiger charge is -2.23. The van der Waals surface area contributed by atoms with Gasteiger partial charge in [-0.2, -0.15) is 0 Å². The Balaban J connectivity index is 1.84. The van der Waals surface area contributed by atoms with E-state index in [-0.39, 0.29) is 0 Å². The second kappa shape index (κ2) is 5.33. The Hall–Kier alpha value is -0.800. The average Bonchev–Trinajstić information content (AvgIpc) is 2.29. The molecule has 1 fully saturated rings. The Labute approximate surface area is 95.2 Å². The number of piperidine rings is 1. The molecule has 0 saturated carbocycles. The monoisotopic (exact) mass is 225 g/mol. The van der Waals surface area contributed by atoms with Crippen molar-refractivity contribution in [3.8, 4) is 0 Å². The van der Waals surface area contributed by atoms with Crippen molar-refractivity contribution >= 4 is 17.3 Å². The molecule has 0 aromatic carbocycles. The second-order valence-corrected chi connectivity index (χ2v) is 4.27. The summed E-state index contributed by atoms with van der Waals surface area (Å²) in [6.45, 7) is 3.26. The van der Waals surface area contributed by atoms with Gasteiger partial charge in [0.1, 0.15) is 0 Å². The largest absolute Gasteiger partial charge is 0.382 e. The van der Waals surface area contributed by atoms with Crippen molar-refractivity contribution in [2.45, 2.75) is 12.8 Å². The summed E-state index contributed by atoms with van der Waals surface area (Å²) in [5.74, 6) is 0.752. The highest BCUT2D eigenvalue weighted by Crippen LogP contribution is 2.19. The summed E-state index contributed by atoms with van der Waals surface area (Å²) >= 11 is 5.96. The van der Waals surface area contributed by atoms with Crippen LogP contribution in [-0.4, -0.2) is 24.6 Å². The third-order valence-corrected chi connectivity index (χ3v) is 3.10. The van der Waals surface area contributed by atoms with Crippen LogP contribution in [0.5, 0.6) is 0 Å². The smallest absolute Gasteiger partial charge is 0.152 e. The van der Waals surface area contributed by atoms with Crippen LogP contribution >= 0.6 is 11.6 Å². The van der Waals surface area contributed by atoms with E-state index in [0.717, 1.165) is 31.2 Å². The highest BCUT2D eigenvalue weighted by molar-refractivity contribution is 6.31. The Kier molecular flexibility index (Phi) is 3.80. The van der Waals surface area contributed by atoms with Gasteiger partial charge in [-0.1, -0.05) is 11.6 Å². The van der Waals surface area contributed by atoms with Crippen molar-refractivity contribution in [2.24, 2.45) is 5.92 Å². The van der Waals surface area contributed by atoms with Gasteiger partial charge in [-0.3, -0.25) is 0 Å². The van der Waals surface area contributed by atoms with Gasteiger partial charge in [-0.25, -0.2) is 4.98 Å². The van der Waals surface area contributed by atoms with Crippen LogP contribution in [-0.2, 0) is 0 Å². The molecule has 3 nitrogen and oxygen atoms in total. The van der Waals surface area contributed by atoms with Gasteiger partial charge in [0.2, 0.25) is 0 Å². The summed E-state index contributed by atoms with van der Waals surface area (Å²) in [5.41, 5.74) is 0.942. The molecule has 1 aromatic heterocycles. The summed E-state index contributed by atoms with van der Waals surface area (Å²) in [6, 6.07) is 3.87. The molecule has 1 aliphatic rings. The zero-order valence-electron chi connectivity index (χ0n) is 8.67. The minimum absolute atomic E-state index is 0.562. The van der Waals surface area contributed by atoms with Crippen LogP contribution in [0.2, 0.25) is 5.15 Å². The normalized spacial score (nSPS) is 17.7. The average molecular weight is 226 g/mol. The predicted molar refractivity (Wildman–Crippen MR) is 63.3 cm³/mol. The minimum atomic E-state index is 0.562. The van der Waals surface area contributed by atoms with Crippen molar-refractivity contribution in [3.63, 3.8) is 0 Å². The molecule has 0 unspecified atom stereocenters. The van der Waals surface area contributed by atoms with Crippen LogP contribution in [0.25, 0.3) is 0 Å². The first kappa shape index (κ1) is 10.7. The Morgan fingerprint density at radius 2 is 2.27 bits per heavy atom. The van der Waals surface area contributed by atoms with E-state index in [1.807, 2.05) is 12.1 Å². The molecule has 0 amide bonds. The molecule has 1 aliphatic heterocycles. The third-order valence-electron chi connectivity index (χ3n) is 2.80. The summed E-state index contributed by atoms with van der Waals surface area (Å²) in [5, 5.41) is 7.28. The fraction of sp³-hybridized carbons (Fsp3) is 0.545. The molecule has 0 radical (unpaired) electrons. The van der Waals surface area contributed by atoms with Gasteiger partial charge in [0.05, 0.1) is 5.69 Å². The lowest BCUT2D eigenvalue weighted by atomic mass is 9.98. The number of hydrogen-bond donors (Lipinski definition) is 2. The van der Waals surface area contributed by atoms with Crippen LogP contribution in [0.15, 0.2) is 18.3 Å². The van der Waals surface area contributed by atoms with Crippen molar-refractivity contribution in [3.05, 3.63) is 23.5 Å². The first-order valence-electron chi connectivity index (χ1n) is 5.41. The zero-order valence-corrected chi connectivity index (χ0v) is 9.43. The van der Waals surface area contributed by atoms with Crippen LogP contribution in [0.4, 0.5) is 5.69 Å². The van der Waals surface area contributed by atoms with E-state index in [0.29, 0.717) is 5.15 Å². The van der Waals surface area contributed by atoms with E-state index >= 15 is 0 Å². The number of rotatable bonds is 3. The summed E-state index contributed by atoms with van der Waals surface area (Å²) in [7, 11) is 0. The van der Waals surface area contributed by atoms with Crippen LogP contribution < -0.4 is 10.6 Å². The van der Waals surface area contributed by atoms with E-state index in [1.54, 1.807) is 6.20 Å². The van der Waals surface area contributed by atoms with Crippen LogP contribution in [0, 0.1) is 5.92 Å². The van der Waals surface area contributed by atoms with Crippen molar-refractivity contribution in [1.82, 2.24) is 10.3 Å². The summed E-state index contributed by atoms with van der Waals surface area (Å²) in [4.78, 5) is 4.03. The second-order valence-electron chi connectivity index (χ2n) is 3.92. The van der Waals surface area contributed by atoms with Gasteiger partial charge in [-0.05, 0) is 44.0 Å². The molecular formula is C11H16ClN3. The quantitative estimate of drug-likeness (QED) is 0.775. The number of halogens is 1. The van der Waals surface area contributed by atoms with Gasteiger partial charge in [0.15, 0.2) is 5.15 Å². The van der Waals surface area contributed by atoms with Crippen molar-refractivity contribution in [1.29, 1.82) is 0 Å². The molecule has 0 spiro atoms. The van der Waals surface area contributed by atoms with E-state index in [1.165, 1.54) is 12.8 Å². The Morgan fingerprint density at radius 1 is 1.47 bits per heavy atom. The molecule has 82 valence electrons. The number of hydrogen-bond acceptors (Lipinski definition) is 3.